The average Bonchev–Trinajstić information content (AvgIpc) is 3.10. The van der Waals surface area contributed by atoms with Gasteiger partial charge >= 0.3 is 0 Å². The third-order valence-corrected chi connectivity index (χ3v) is 8.47. The number of aromatic hydroxyl groups is 1. The Hall–Kier alpha value is -2.52. The van der Waals surface area contributed by atoms with Crippen LogP contribution in [0.3, 0.4) is 0 Å². The number of ketones is 1. The molecule has 2 fully saturated rings. The van der Waals surface area contributed by atoms with E-state index < -0.39 is 0 Å². The van der Waals surface area contributed by atoms with Gasteiger partial charge in [0.2, 0.25) is 0 Å². The van der Waals surface area contributed by atoms with Crippen molar-refractivity contribution >= 4 is 23.5 Å². The largest absolute Gasteiger partial charge is 0.507 e. The number of phenols is 1. The molecule has 0 amide bonds. The van der Waals surface area contributed by atoms with Crippen molar-refractivity contribution in [3.8, 4) is 11.5 Å². The first-order valence-electron chi connectivity index (χ1n) is 11.3. The summed E-state index contributed by atoms with van der Waals surface area (Å²) < 4.78 is 5.96. The predicted octanol–water partition coefficient (Wildman–Crippen LogP) is 7.44. The van der Waals surface area contributed by atoms with E-state index in [2.05, 4.69) is 27.4 Å². The number of halogens is 1. The minimum Gasteiger partial charge on any atom is -0.507 e. The monoisotopic (exact) mass is 450 g/mol. The summed E-state index contributed by atoms with van der Waals surface area (Å²) in [5.41, 5.74) is 2.55. The molecule has 0 aliphatic heterocycles. The Morgan fingerprint density at radius 1 is 1.25 bits per heavy atom. The third-order valence-electron chi connectivity index (χ3n) is 8.22. The molecule has 2 aromatic rings. The quantitative estimate of drug-likeness (QED) is 0.271. The summed E-state index contributed by atoms with van der Waals surface area (Å²) in [5.74, 6) is 1.29. The normalized spacial score (nSPS) is 25.9. The number of benzene rings is 2. The summed E-state index contributed by atoms with van der Waals surface area (Å²) in [7, 11) is 0. The summed E-state index contributed by atoms with van der Waals surface area (Å²) in [4.78, 5) is 13.0. The van der Waals surface area contributed by atoms with Gasteiger partial charge in [0.25, 0.3) is 0 Å². The van der Waals surface area contributed by atoms with Gasteiger partial charge < -0.3 is 9.84 Å². The Morgan fingerprint density at radius 3 is 2.56 bits per heavy atom. The lowest BCUT2D eigenvalue weighted by molar-refractivity contribution is 0.104. The number of fused-ring (bicyclic) bond motifs is 2. The zero-order valence-electron chi connectivity index (χ0n) is 19.0. The van der Waals surface area contributed by atoms with Gasteiger partial charge in [0, 0.05) is 11.1 Å². The van der Waals surface area contributed by atoms with Crippen molar-refractivity contribution in [3.63, 3.8) is 0 Å². The standard InChI is InChI=1S/C28H31ClO3/c1-5-14-32-26-17-25(31)22(24(30)11-8-18-6-9-20(29)10-7-18)16-21(26)23-15-19-12-13-28(23,4)27(19,2)3/h5-11,16-17,19,23,31H,1,12-15H2,2-4H3/b11-8+. The minimum absolute atomic E-state index is 0.0638. The first-order valence-corrected chi connectivity index (χ1v) is 11.6. The Morgan fingerprint density at radius 2 is 1.97 bits per heavy atom. The van der Waals surface area contributed by atoms with Gasteiger partial charge in [-0.3, -0.25) is 4.79 Å². The van der Waals surface area contributed by atoms with Gasteiger partial charge in [0.15, 0.2) is 5.78 Å². The molecule has 0 heterocycles. The first-order chi connectivity index (χ1) is 15.2. The van der Waals surface area contributed by atoms with Crippen molar-refractivity contribution in [1.82, 2.24) is 0 Å². The van der Waals surface area contributed by atoms with Crippen molar-refractivity contribution in [3.05, 3.63) is 76.8 Å². The maximum atomic E-state index is 13.0. The molecule has 3 atom stereocenters. The average molecular weight is 451 g/mol. The number of carbonyl (C=O) groups excluding carboxylic acids is 1. The topological polar surface area (TPSA) is 46.5 Å². The summed E-state index contributed by atoms with van der Waals surface area (Å²) >= 11 is 5.94. The number of hydrogen-bond donors (Lipinski definition) is 1. The van der Waals surface area contributed by atoms with E-state index in [9.17, 15) is 9.90 Å². The summed E-state index contributed by atoms with van der Waals surface area (Å²) in [6.45, 7) is 11.2. The third kappa shape index (κ3) is 3.77. The second-order valence-corrected chi connectivity index (χ2v) is 10.4. The van der Waals surface area contributed by atoms with E-state index in [4.69, 9.17) is 16.3 Å². The highest BCUT2D eigenvalue weighted by atomic mass is 35.5. The molecule has 0 spiro atoms. The fraction of sp³-hybridized carbons (Fsp3) is 0.393. The molecule has 3 unspecified atom stereocenters. The maximum absolute atomic E-state index is 13.0. The molecule has 2 aliphatic carbocycles. The SMILES string of the molecule is C=CCOc1cc(O)c(C(=O)/C=C/c2ccc(Cl)cc2)cc1C1CC2CCC1(C)C2(C)C. The molecule has 4 rings (SSSR count). The van der Waals surface area contributed by atoms with Gasteiger partial charge in [-0.25, -0.2) is 0 Å². The van der Waals surface area contributed by atoms with E-state index in [1.165, 1.54) is 12.5 Å². The molecule has 2 aromatic carbocycles. The molecule has 1 N–H and O–H groups in total. The zero-order chi connectivity index (χ0) is 23.1. The lowest BCUT2D eigenvalue weighted by atomic mass is 9.65. The van der Waals surface area contributed by atoms with Crippen LogP contribution >= 0.6 is 11.6 Å². The predicted molar refractivity (Wildman–Crippen MR) is 131 cm³/mol. The summed E-state index contributed by atoms with van der Waals surface area (Å²) in [6, 6.07) is 10.7. The molecule has 2 saturated carbocycles. The molecule has 0 radical (unpaired) electrons. The number of allylic oxidation sites excluding steroid dienone is 1. The van der Waals surface area contributed by atoms with Crippen LogP contribution in [0.2, 0.25) is 5.02 Å². The minimum atomic E-state index is -0.235. The van der Waals surface area contributed by atoms with Gasteiger partial charge in [-0.2, -0.15) is 0 Å². The number of hydrogen-bond acceptors (Lipinski definition) is 3. The van der Waals surface area contributed by atoms with Gasteiger partial charge in [0.05, 0.1) is 5.56 Å². The highest BCUT2D eigenvalue weighted by Crippen LogP contribution is 2.71. The first kappa shape index (κ1) is 22.7. The van der Waals surface area contributed by atoms with Crippen LogP contribution in [-0.2, 0) is 0 Å². The molecule has 3 nitrogen and oxygen atoms in total. The van der Waals surface area contributed by atoms with Crippen LogP contribution in [0.1, 0.15) is 67.4 Å². The summed E-state index contributed by atoms with van der Waals surface area (Å²) in [6.07, 6.45) is 8.42. The van der Waals surface area contributed by atoms with Gasteiger partial charge in [-0.15, -0.1) is 0 Å². The zero-order valence-corrected chi connectivity index (χ0v) is 19.8. The Bertz CT molecular complexity index is 1070. The van der Waals surface area contributed by atoms with Crippen molar-refractivity contribution in [2.75, 3.05) is 6.61 Å². The molecule has 4 heteroatoms. The molecule has 168 valence electrons. The molecule has 2 bridgehead atoms. The van der Waals surface area contributed by atoms with E-state index in [-0.39, 0.29) is 28.3 Å². The highest BCUT2D eigenvalue weighted by Gasteiger charge is 2.61. The van der Waals surface area contributed by atoms with Crippen LogP contribution in [0.15, 0.2) is 55.1 Å². The smallest absolute Gasteiger partial charge is 0.189 e. The van der Waals surface area contributed by atoms with Crippen molar-refractivity contribution in [2.45, 2.75) is 46.0 Å². The van der Waals surface area contributed by atoms with E-state index in [1.54, 1.807) is 30.4 Å². The second-order valence-electron chi connectivity index (χ2n) is 9.92. The maximum Gasteiger partial charge on any atom is 0.189 e. The fourth-order valence-corrected chi connectivity index (χ4v) is 5.96. The number of ether oxygens (including phenoxy) is 1. The molecular weight excluding hydrogens is 420 g/mol. The van der Waals surface area contributed by atoms with Crippen LogP contribution < -0.4 is 4.74 Å². The van der Waals surface area contributed by atoms with Gasteiger partial charge in [0.1, 0.15) is 18.1 Å². The lowest BCUT2D eigenvalue weighted by Crippen LogP contribution is -2.31. The number of carbonyl (C=O) groups is 1. The van der Waals surface area contributed by atoms with Crippen molar-refractivity contribution in [1.29, 1.82) is 0 Å². The van der Waals surface area contributed by atoms with Gasteiger partial charge in [-0.05, 0) is 77.3 Å². The van der Waals surface area contributed by atoms with Crippen LogP contribution in [-0.4, -0.2) is 17.5 Å². The van der Waals surface area contributed by atoms with Crippen LogP contribution in [0.25, 0.3) is 6.08 Å². The molecule has 0 aromatic heterocycles. The second kappa shape index (κ2) is 8.44. The van der Waals surface area contributed by atoms with E-state index in [0.717, 1.165) is 24.0 Å². The number of rotatable bonds is 7. The van der Waals surface area contributed by atoms with Crippen molar-refractivity contribution in [2.24, 2.45) is 16.7 Å². The fourth-order valence-electron chi connectivity index (χ4n) is 5.84. The molecular formula is C28H31ClO3. The van der Waals surface area contributed by atoms with Crippen LogP contribution in [0.4, 0.5) is 0 Å². The van der Waals surface area contributed by atoms with E-state index in [0.29, 0.717) is 28.9 Å². The Balaban J connectivity index is 1.71. The van der Waals surface area contributed by atoms with Gasteiger partial charge in [-0.1, -0.05) is 63.2 Å². The van der Waals surface area contributed by atoms with E-state index >= 15 is 0 Å². The van der Waals surface area contributed by atoms with Crippen molar-refractivity contribution < 1.29 is 14.6 Å². The lowest BCUT2D eigenvalue weighted by Gasteiger charge is -2.40. The number of phenolic OH excluding ortho intramolecular Hbond substituents is 1. The van der Waals surface area contributed by atoms with E-state index in [1.807, 2.05) is 18.2 Å². The van der Waals surface area contributed by atoms with Crippen LogP contribution in [0, 0.1) is 16.7 Å². The molecule has 2 aliphatic rings. The highest BCUT2D eigenvalue weighted by molar-refractivity contribution is 6.30. The Kier molecular flexibility index (Phi) is 5.98. The van der Waals surface area contributed by atoms with Crippen LogP contribution in [0.5, 0.6) is 11.5 Å². The molecule has 0 saturated heterocycles. The Labute approximate surface area is 195 Å². The molecule has 32 heavy (non-hydrogen) atoms. The summed E-state index contributed by atoms with van der Waals surface area (Å²) in [5, 5.41) is 11.3.